The number of rotatable bonds is 5. The van der Waals surface area contributed by atoms with Crippen molar-refractivity contribution in [1.82, 2.24) is 15.3 Å². The van der Waals surface area contributed by atoms with Crippen molar-refractivity contribution in [3.63, 3.8) is 0 Å². The molecule has 1 atom stereocenters. The molecule has 0 radical (unpaired) electrons. The van der Waals surface area contributed by atoms with Crippen LogP contribution in [-0.4, -0.2) is 16.5 Å². The molecule has 0 spiro atoms. The number of nitrogens with one attached hydrogen (secondary N) is 1. The largest absolute Gasteiger partial charge is 0.305 e. The average Bonchev–Trinajstić information content (AvgIpc) is 2.25. The maximum absolute atomic E-state index is 4.27. The highest BCUT2D eigenvalue weighted by molar-refractivity contribution is 5.14. The third-order valence-electron chi connectivity index (χ3n) is 2.04. The van der Waals surface area contributed by atoms with Crippen molar-refractivity contribution in [2.45, 2.75) is 33.2 Å². The van der Waals surface area contributed by atoms with Gasteiger partial charge in [0.2, 0.25) is 0 Å². The van der Waals surface area contributed by atoms with E-state index in [1.807, 2.05) is 6.07 Å². The molecule has 1 aromatic heterocycles. The molecule has 0 saturated carbocycles. The van der Waals surface area contributed by atoms with Crippen LogP contribution in [0.4, 0.5) is 0 Å². The summed E-state index contributed by atoms with van der Waals surface area (Å²) in [6.45, 7) is 7.36. The Kier molecular flexibility index (Phi) is 4.98. The Balaban J connectivity index is 2.77. The van der Waals surface area contributed by atoms with Gasteiger partial charge in [0.15, 0.2) is 0 Å². The normalized spacial score (nSPS) is 12.2. The highest BCUT2D eigenvalue weighted by Gasteiger charge is 2.07. The van der Waals surface area contributed by atoms with E-state index in [1.165, 1.54) is 5.57 Å². The first-order chi connectivity index (χ1) is 7.24. The molecule has 0 aliphatic rings. The van der Waals surface area contributed by atoms with Gasteiger partial charge in [-0.15, -0.1) is 0 Å². The molecule has 3 nitrogen and oxygen atoms in total. The average molecular weight is 205 g/mol. The second kappa shape index (κ2) is 6.30. The third-order valence-corrected chi connectivity index (χ3v) is 2.04. The van der Waals surface area contributed by atoms with Gasteiger partial charge in [-0.1, -0.05) is 18.6 Å². The molecular weight excluding hydrogens is 186 g/mol. The summed E-state index contributed by atoms with van der Waals surface area (Å²) >= 11 is 0. The predicted octanol–water partition coefficient (Wildman–Crippen LogP) is 2.48. The summed E-state index contributed by atoms with van der Waals surface area (Å²) in [5.74, 6) is 0. The zero-order valence-electron chi connectivity index (χ0n) is 9.70. The Morgan fingerprint density at radius 1 is 1.53 bits per heavy atom. The fraction of sp³-hybridized carbons (Fsp3) is 0.500. The maximum Gasteiger partial charge on any atom is 0.115 e. The number of hydrogen-bond acceptors (Lipinski definition) is 3. The quantitative estimate of drug-likeness (QED) is 0.750. The lowest BCUT2D eigenvalue weighted by atomic mass is 10.1. The maximum atomic E-state index is 4.27. The molecule has 0 aromatic carbocycles. The van der Waals surface area contributed by atoms with Gasteiger partial charge >= 0.3 is 0 Å². The first-order valence-electron chi connectivity index (χ1n) is 5.38. The van der Waals surface area contributed by atoms with Crippen molar-refractivity contribution in [2.75, 3.05) is 6.54 Å². The van der Waals surface area contributed by atoms with Gasteiger partial charge in [0, 0.05) is 6.20 Å². The van der Waals surface area contributed by atoms with Gasteiger partial charge in [0.1, 0.15) is 6.33 Å². The summed E-state index contributed by atoms with van der Waals surface area (Å²) in [5.41, 5.74) is 2.32. The van der Waals surface area contributed by atoms with Crippen LogP contribution < -0.4 is 5.32 Å². The van der Waals surface area contributed by atoms with Crippen LogP contribution in [0.1, 0.15) is 38.9 Å². The predicted molar refractivity (Wildman–Crippen MR) is 62.5 cm³/mol. The fourth-order valence-electron chi connectivity index (χ4n) is 1.37. The van der Waals surface area contributed by atoms with Gasteiger partial charge in [-0.05, 0) is 32.9 Å². The Morgan fingerprint density at radius 2 is 2.33 bits per heavy atom. The van der Waals surface area contributed by atoms with E-state index < -0.39 is 0 Å². The second-order valence-electron chi connectivity index (χ2n) is 3.81. The molecule has 82 valence electrons. The highest BCUT2D eigenvalue weighted by atomic mass is 14.9. The molecule has 0 aliphatic carbocycles. The molecule has 3 heteroatoms. The van der Waals surface area contributed by atoms with Crippen molar-refractivity contribution >= 4 is 0 Å². The monoisotopic (exact) mass is 205 g/mol. The van der Waals surface area contributed by atoms with Crippen LogP contribution in [0.25, 0.3) is 0 Å². The molecule has 1 N–H and O–H groups in total. The topological polar surface area (TPSA) is 37.8 Å². The molecule has 0 fully saturated rings. The van der Waals surface area contributed by atoms with Gasteiger partial charge in [0.25, 0.3) is 0 Å². The zero-order chi connectivity index (χ0) is 11.1. The van der Waals surface area contributed by atoms with Crippen LogP contribution in [0, 0.1) is 0 Å². The van der Waals surface area contributed by atoms with Gasteiger partial charge in [-0.3, -0.25) is 0 Å². The first-order valence-corrected chi connectivity index (χ1v) is 5.38. The standard InChI is InChI=1S/C12H19N3/c1-4-6-14-12(8-10(2)3)11-5-7-13-9-15-11/h5,7-9,12,14H,4,6H2,1-3H3. The SMILES string of the molecule is CCCNC(C=C(C)C)c1ccncn1. The smallest absolute Gasteiger partial charge is 0.115 e. The molecule has 0 amide bonds. The lowest BCUT2D eigenvalue weighted by molar-refractivity contribution is 0.596. The van der Waals surface area contributed by atoms with Gasteiger partial charge < -0.3 is 5.32 Å². The number of aromatic nitrogens is 2. The minimum absolute atomic E-state index is 0.206. The summed E-state index contributed by atoms with van der Waals surface area (Å²) in [6.07, 6.45) is 6.69. The second-order valence-corrected chi connectivity index (χ2v) is 3.81. The number of allylic oxidation sites excluding steroid dienone is 1. The van der Waals surface area contributed by atoms with Crippen molar-refractivity contribution in [3.05, 3.63) is 35.9 Å². The van der Waals surface area contributed by atoms with Crippen molar-refractivity contribution in [3.8, 4) is 0 Å². The molecule has 1 rings (SSSR count). The van der Waals surface area contributed by atoms with Gasteiger partial charge in [0.05, 0.1) is 11.7 Å². The highest BCUT2D eigenvalue weighted by Crippen LogP contribution is 2.12. The Bertz CT molecular complexity index is 302. The fourth-order valence-corrected chi connectivity index (χ4v) is 1.37. The summed E-state index contributed by atoms with van der Waals surface area (Å²) in [5, 5.41) is 3.45. The van der Waals surface area contributed by atoms with Crippen molar-refractivity contribution in [2.24, 2.45) is 0 Å². The number of hydrogen-bond donors (Lipinski definition) is 1. The summed E-state index contributed by atoms with van der Waals surface area (Å²) in [4.78, 5) is 8.19. The molecule has 1 heterocycles. The molecule has 1 aromatic rings. The van der Waals surface area contributed by atoms with Gasteiger partial charge in [-0.2, -0.15) is 0 Å². The summed E-state index contributed by atoms with van der Waals surface area (Å²) < 4.78 is 0. The third kappa shape index (κ3) is 4.21. The van der Waals surface area contributed by atoms with Crippen molar-refractivity contribution < 1.29 is 0 Å². The van der Waals surface area contributed by atoms with Gasteiger partial charge in [-0.25, -0.2) is 9.97 Å². The Hall–Kier alpha value is -1.22. The van der Waals surface area contributed by atoms with E-state index in [9.17, 15) is 0 Å². The lowest BCUT2D eigenvalue weighted by Gasteiger charge is -2.14. The van der Waals surface area contributed by atoms with E-state index in [1.54, 1.807) is 12.5 Å². The van der Waals surface area contributed by atoms with Crippen LogP contribution >= 0.6 is 0 Å². The van der Waals surface area contributed by atoms with Crippen LogP contribution in [0.15, 0.2) is 30.2 Å². The summed E-state index contributed by atoms with van der Waals surface area (Å²) in [6, 6.07) is 2.16. The molecule has 0 saturated heterocycles. The molecular formula is C12H19N3. The van der Waals surface area contributed by atoms with Crippen LogP contribution in [0.2, 0.25) is 0 Å². The van der Waals surface area contributed by atoms with E-state index >= 15 is 0 Å². The van der Waals surface area contributed by atoms with E-state index in [-0.39, 0.29) is 6.04 Å². The molecule has 1 unspecified atom stereocenters. The Labute approximate surface area is 91.7 Å². The molecule has 15 heavy (non-hydrogen) atoms. The Morgan fingerprint density at radius 3 is 2.87 bits per heavy atom. The van der Waals surface area contributed by atoms with E-state index in [2.05, 4.69) is 42.1 Å². The first kappa shape index (κ1) is 11.9. The van der Waals surface area contributed by atoms with E-state index in [0.29, 0.717) is 0 Å². The minimum Gasteiger partial charge on any atom is -0.305 e. The van der Waals surface area contributed by atoms with Crippen LogP contribution in [0.5, 0.6) is 0 Å². The minimum atomic E-state index is 0.206. The van der Waals surface area contributed by atoms with Crippen LogP contribution in [0.3, 0.4) is 0 Å². The summed E-state index contributed by atoms with van der Waals surface area (Å²) in [7, 11) is 0. The molecule has 0 bridgehead atoms. The molecule has 0 aliphatic heterocycles. The van der Waals surface area contributed by atoms with Crippen LogP contribution in [-0.2, 0) is 0 Å². The van der Waals surface area contributed by atoms with E-state index in [0.717, 1.165) is 18.7 Å². The van der Waals surface area contributed by atoms with E-state index in [4.69, 9.17) is 0 Å². The number of nitrogens with zero attached hydrogens (tertiary/aromatic N) is 2. The van der Waals surface area contributed by atoms with Crippen molar-refractivity contribution in [1.29, 1.82) is 0 Å². The lowest BCUT2D eigenvalue weighted by Crippen LogP contribution is -2.21. The zero-order valence-corrected chi connectivity index (χ0v) is 9.70.